The average molecular weight is 325 g/mol. The van der Waals surface area contributed by atoms with Gasteiger partial charge in [0.2, 0.25) is 0 Å². The third-order valence-electron chi connectivity index (χ3n) is 3.10. The molecule has 10 heteroatoms. The zero-order valence-corrected chi connectivity index (χ0v) is 10.8. The van der Waals surface area contributed by atoms with E-state index < -0.39 is 66.4 Å². The maximum atomic E-state index is 11.7. The minimum absolute atomic E-state index is 0.704. The molecule has 0 fully saturated rings. The van der Waals surface area contributed by atoms with E-state index >= 15 is 0 Å². The summed E-state index contributed by atoms with van der Waals surface area (Å²) in [6, 6.07) is 0. The number of carboxylic acid groups (broad SMARTS) is 1. The molecule has 0 radical (unpaired) electrons. The van der Waals surface area contributed by atoms with Crippen LogP contribution in [-0.4, -0.2) is 16.3 Å². The van der Waals surface area contributed by atoms with Crippen LogP contribution in [0.15, 0.2) is 28.0 Å². The summed E-state index contributed by atoms with van der Waals surface area (Å²) < 4.78 is 8.52. The molecule has 0 aliphatic rings. The number of aromatic carboxylic acids is 1. The molecular weight excluding hydrogens is 324 g/mol. The van der Waals surface area contributed by atoms with Crippen molar-refractivity contribution in [1.29, 1.82) is 0 Å². The molecule has 0 saturated heterocycles. The Balaban J connectivity index is 2.96. The molecule has 3 rings (SSSR count). The van der Waals surface area contributed by atoms with Gasteiger partial charge in [-0.25, -0.2) is 24.0 Å². The van der Waals surface area contributed by atoms with Crippen molar-refractivity contribution in [3.63, 3.8) is 0 Å². The lowest BCUT2D eigenvalue weighted by molar-refractivity contribution is 0.0695. The lowest BCUT2D eigenvalue weighted by Gasteiger charge is -2.02. The summed E-state index contributed by atoms with van der Waals surface area (Å²) in [5.74, 6) is -1.80. The molecule has 0 saturated carbocycles. The van der Waals surface area contributed by atoms with Crippen LogP contribution in [0.1, 0.15) is 20.7 Å². The zero-order valence-electron chi connectivity index (χ0n) is 10.1. The molecule has 9 nitrogen and oxygen atoms in total. The molecule has 0 spiro atoms. The molecule has 2 aromatic heterocycles. The molecule has 0 aliphatic heterocycles. The summed E-state index contributed by atoms with van der Waals surface area (Å²) in [6.07, 6.45) is 0. The highest BCUT2D eigenvalue weighted by atomic mass is 35.5. The Morgan fingerprint density at radius 1 is 0.727 bits per heavy atom. The lowest BCUT2D eigenvalue weighted by Crippen LogP contribution is -2.13. The minimum Gasteiger partial charge on any atom is -0.478 e. The average Bonchev–Trinajstić information content (AvgIpc) is 2.86. The SMILES string of the molecule is O=C(O)c1c(C(=O)Cl)c2c(=O)oc(=O)c2c2c(=O)oc(=O)c12. The first-order valence-electron chi connectivity index (χ1n) is 5.45. The molecule has 22 heavy (non-hydrogen) atoms. The third kappa shape index (κ3) is 1.53. The van der Waals surface area contributed by atoms with E-state index in [-0.39, 0.29) is 0 Å². The van der Waals surface area contributed by atoms with Gasteiger partial charge in [-0.2, -0.15) is 0 Å². The van der Waals surface area contributed by atoms with Gasteiger partial charge in [0.05, 0.1) is 32.7 Å². The van der Waals surface area contributed by atoms with Gasteiger partial charge in [0.1, 0.15) is 0 Å². The van der Waals surface area contributed by atoms with Crippen LogP contribution in [-0.2, 0) is 0 Å². The van der Waals surface area contributed by atoms with Crippen molar-refractivity contribution in [3.8, 4) is 0 Å². The standard InChI is InChI=1S/C12HClO9/c13-7(14)1-2(8(15)16)4-6(12(20)22-10(4)18)5-3(1)9(17)21-11(5)19/h(H,15,16). The van der Waals surface area contributed by atoms with Gasteiger partial charge in [-0.3, -0.25) is 4.79 Å². The largest absolute Gasteiger partial charge is 0.478 e. The van der Waals surface area contributed by atoms with Crippen LogP contribution in [0.25, 0.3) is 21.5 Å². The van der Waals surface area contributed by atoms with Gasteiger partial charge in [0, 0.05) is 0 Å². The summed E-state index contributed by atoms with van der Waals surface area (Å²) in [5, 5.41) is 4.78. The second-order valence-electron chi connectivity index (χ2n) is 4.18. The molecule has 0 aliphatic carbocycles. The van der Waals surface area contributed by atoms with Crippen LogP contribution in [0, 0.1) is 0 Å². The van der Waals surface area contributed by atoms with E-state index in [0.29, 0.717) is 0 Å². The number of hydrogen-bond donors (Lipinski definition) is 1. The second kappa shape index (κ2) is 4.21. The fourth-order valence-corrected chi connectivity index (χ4v) is 2.54. The Hall–Kier alpha value is -3.07. The number of benzene rings is 1. The summed E-state index contributed by atoms with van der Waals surface area (Å²) in [5.41, 5.74) is -7.23. The van der Waals surface area contributed by atoms with Crippen molar-refractivity contribution in [2.24, 2.45) is 0 Å². The fourth-order valence-electron chi connectivity index (χ4n) is 2.35. The van der Waals surface area contributed by atoms with Crippen molar-refractivity contribution in [2.45, 2.75) is 0 Å². The van der Waals surface area contributed by atoms with E-state index in [1.807, 2.05) is 0 Å². The van der Waals surface area contributed by atoms with Gasteiger partial charge in [-0.05, 0) is 11.6 Å². The summed E-state index contributed by atoms with van der Waals surface area (Å²) in [6.45, 7) is 0. The molecule has 0 bridgehead atoms. The topological polar surface area (TPSA) is 149 Å². The van der Waals surface area contributed by atoms with Crippen molar-refractivity contribution in [3.05, 3.63) is 52.8 Å². The molecule has 1 aromatic carbocycles. The Labute approximate surface area is 121 Å². The number of carbonyl (C=O) groups excluding carboxylic acids is 1. The maximum Gasteiger partial charge on any atom is 0.347 e. The van der Waals surface area contributed by atoms with Crippen LogP contribution in [0.2, 0.25) is 0 Å². The van der Waals surface area contributed by atoms with E-state index in [4.69, 9.17) is 11.6 Å². The molecule has 0 atom stereocenters. The fraction of sp³-hybridized carbons (Fsp3) is 0. The van der Waals surface area contributed by atoms with Crippen molar-refractivity contribution in [2.75, 3.05) is 0 Å². The van der Waals surface area contributed by atoms with Crippen molar-refractivity contribution < 1.29 is 23.5 Å². The van der Waals surface area contributed by atoms with Crippen LogP contribution < -0.4 is 22.5 Å². The van der Waals surface area contributed by atoms with E-state index in [1.165, 1.54) is 0 Å². The first-order valence-corrected chi connectivity index (χ1v) is 5.83. The Kier molecular flexibility index (Phi) is 2.66. The van der Waals surface area contributed by atoms with Gasteiger partial charge < -0.3 is 13.9 Å². The van der Waals surface area contributed by atoms with Crippen LogP contribution in [0.4, 0.5) is 0 Å². The number of fused-ring (bicyclic) bond motifs is 3. The normalized spacial score (nSPS) is 11.3. The maximum absolute atomic E-state index is 11.7. The number of halogens is 1. The zero-order chi connectivity index (χ0) is 16.3. The van der Waals surface area contributed by atoms with Gasteiger partial charge >= 0.3 is 28.5 Å². The summed E-state index contributed by atoms with van der Waals surface area (Å²) in [4.78, 5) is 69.6. The van der Waals surface area contributed by atoms with E-state index in [9.17, 15) is 33.9 Å². The predicted molar refractivity (Wildman–Crippen MR) is 70.6 cm³/mol. The summed E-state index contributed by atoms with van der Waals surface area (Å²) in [7, 11) is 0. The first-order chi connectivity index (χ1) is 10.3. The number of hydrogen-bond acceptors (Lipinski definition) is 8. The van der Waals surface area contributed by atoms with Gasteiger partial charge in [0.25, 0.3) is 5.24 Å². The highest BCUT2D eigenvalue weighted by molar-refractivity contribution is 6.69. The monoisotopic (exact) mass is 324 g/mol. The van der Waals surface area contributed by atoms with Gasteiger partial charge in [-0.15, -0.1) is 0 Å². The number of carbonyl (C=O) groups is 2. The highest BCUT2D eigenvalue weighted by Gasteiger charge is 2.32. The molecular formula is C12HClO9. The minimum atomic E-state index is -1.80. The van der Waals surface area contributed by atoms with Crippen molar-refractivity contribution >= 4 is 44.4 Å². The first kappa shape index (κ1) is 13.9. The Morgan fingerprint density at radius 2 is 1.09 bits per heavy atom. The van der Waals surface area contributed by atoms with Crippen LogP contribution in [0.5, 0.6) is 0 Å². The second-order valence-corrected chi connectivity index (χ2v) is 4.53. The van der Waals surface area contributed by atoms with Gasteiger partial charge in [-0.1, -0.05) is 0 Å². The molecule has 1 N–H and O–H groups in total. The van der Waals surface area contributed by atoms with Crippen LogP contribution in [0.3, 0.4) is 0 Å². The molecule has 0 amide bonds. The summed E-state index contributed by atoms with van der Waals surface area (Å²) >= 11 is 5.28. The van der Waals surface area contributed by atoms with Crippen molar-refractivity contribution in [1.82, 2.24) is 0 Å². The molecule has 2 heterocycles. The Morgan fingerprint density at radius 3 is 1.45 bits per heavy atom. The van der Waals surface area contributed by atoms with Gasteiger partial charge in [0.15, 0.2) is 0 Å². The van der Waals surface area contributed by atoms with Crippen LogP contribution >= 0.6 is 11.6 Å². The predicted octanol–water partition coefficient (Wildman–Crippen LogP) is -0.427. The highest BCUT2D eigenvalue weighted by Crippen LogP contribution is 2.28. The molecule has 110 valence electrons. The number of carboxylic acids is 1. The lowest BCUT2D eigenvalue weighted by atomic mass is 9.96. The molecule has 0 unspecified atom stereocenters. The number of rotatable bonds is 2. The van der Waals surface area contributed by atoms with E-state index in [2.05, 4.69) is 8.83 Å². The van der Waals surface area contributed by atoms with E-state index in [1.54, 1.807) is 0 Å². The molecule has 3 aromatic rings. The van der Waals surface area contributed by atoms with E-state index in [0.717, 1.165) is 0 Å². The quantitative estimate of drug-likeness (QED) is 0.619. The number of furan rings is 2. The Bertz CT molecular complexity index is 1100. The third-order valence-corrected chi connectivity index (χ3v) is 3.29. The smallest absolute Gasteiger partial charge is 0.347 e.